The first kappa shape index (κ1) is 14.4. The molecule has 0 unspecified atom stereocenters. The highest BCUT2D eigenvalue weighted by molar-refractivity contribution is 5.72. The van der Waals surface area contributed by atoms with Crippen LogP contribution in [0.2, 0.25) is 0 Å². The van der Waals surface area contributed by atoms with Crippen LogP contribution in [0.4, 0.5) is 0 Å². The van der Waals surface area contributed by atoms with Crippen molar-refractivity contribution in [1.82, 2.24) is 4.90 Å². The van der Waals surface area contributed by atoms with Crippen molar-refractivity contribution in [3.8, 4) is 0 Å². The lowest BCUT2D eigenvalue weighted by Gasteiger charge is -2.23. The number of rotatable bonds is 6. The van der Waals surface area contributed by atoms with E-state index in [1.54, 1.807) is 0 Å². The third-order valence-corrected chi connectivity index (χ3v) is 1.90. The zero-order valence-electron chi connectivity index (χ0n) is 10.4. The quantitative estimate of drug-likeness (QED) is 0.673. The molecule has 0 saturated heterocycles. The number of ether oxygens (including phenoxy) is 1. The largest absolute Gasteiger partial charge is 0.459 e. The third-order valence-electron chi connectivity index (χ3n) is 1.90. The van der Waals surface area contributed by atoms with Gasteiger partial charge in [-0.05, 0) is 46.8 Å². The monoisotopic (exact) mass is 216 g/mol. The number of hydrogen-bond donors (Lipinski definition) is 1. The molecule has 0 aromatic rings. The van der Waals surface area contributed by atoms with Gasteiger partial charge in [-0.1, -0.05) is 6.92 Å². The first-order chi connectivity index (χ1) is 6.89. The lowest BCUT2D eigenvalue weighted by molar-refractivity contribution is -0.156. The molecule has 0 aromatic carbocycles. The van der Waals surface area contributed by atoms with Crippen LogP contribution in [0.1, 0.15) is 34.1 Å². The summed E-state index contributed by atoms with van der Waals surface area (Å²) in [6.45, 7) is 10.4. The fourth-order valence-electron chi connectivity index (χ4n) is 1.22. The fourth-order valence-corrected chi connectivity index (χ4v) is 1.22. The topological polar surface area (TPSA) is 55.6 Å². The Kier molecular flexibility index (Phi) is 6.52. The van der Waals surface area contributed by atoms with Crippen LogP contribution in [0.3, 0.4) is 0 Å². The molecule has 0 rings (SSSR count). The summed E-state index contributed by atoms with van der Waals surface area (Å²) in [4.78, 5) is 13.5. The summed E-state index contributed by atoms with van der Waals surface area (Å²) in [7, 11) is 0. The van der Waals surface area contributed by atoms with Gasteiger partial charge in [-0.25, -0.2) is 0 Å². The van der Waals surface area contributed by atoms with E-state index in [9.17, 15) is 4.79 Å². The van der Waals surface area contributed by atoms with Crippen LogP contribution in [0, 0.1) is 0 Å². The molecule has 2 N–H and O–H groups in total. The van der Waals surface area contributed by atoms with Gasteiger partial charge in [0, 0.05) is 0 Å². The van der Waals surface area contributed by atoms with E-state index in [-0.39, 0.29) is 5.97 Å². The van der Waals surface area contributed by atoms with Crippen LogP contribution in [0.5, 0.6) is 0 Å². The van der Waals surface area contributed by atoms with Gasteiger partial charge in [-0.15, -0.1) is 0 Å². The van der Waals surface area contributed by atoms with E-state index in [1.807, 2.05) is 32.6 Å². The van der Waals surface area contributed by atoms with Crippen LogP contribution in [0.15, 0.2) is 0 Å². The minimum atomic E-state index is -0.398. The molecule has 0 radical (unpaired) electrons. The van der Waals surface area contributed by atoms with Crippen molar-refractivity contribution in [2.24, 2.45) is 5.73 Å². The summed E-state index contributed by atoms with van der Waals surface area (Å²) < 4.78 is 5.24. The van der Waals surface area contributed by atoms with Gasteiger partial charge in [-0.3, -0.25) is 9.69 Å². The Hall–Kier alpha value is -0.610. The predicted molar refractivity (Wildman–Crippen MR) is 61.6 cm³/mol. The second-order valence-electron chi connectivity index (χ2n) is 4.60. The molecule has 0 atom stereocenters. The van der Waals surface area contributed by atoms with Crippen molar-refractivity contribution in [3.05, 3.63) is 0 Å². The molecule has 90 valence electrons. The molecule has 0 saturated carbocycles. The Morgan fingerprint density at radius 2 is 2.00 bits per heavy atom. The summed E-state index contributed by atoms with van der Waals surface area (Å²) >= 11 is 0. The number of hydrogen-bond acceptors (Lipinski definition) is 4. The van der Waals surface area contributed by atoms with E-state index < -0.39 is 5.60 Å². The predicted octanol–water partition coefficient (Wildman–Crippen LogP) is 0.999. The lowest BCUT2D eigenvalue weighted by atomic mass is 10.2. The Bertz CT molecular complexity index is 188. The summed E-state index contributed by atoms with van der Waals surface area (Å²) in [5.41, 5.74) is 5.02. The molecule has 15 heavy (non-hydrogen) atoms. The summed E-state index contributed by atoms with van der Waals surface area (Å²) in [5.74, 6) is -0.165. The highest BCUT2D eigenvalue weighted by atomic mass is 16.6. The van der Waals surface area contributed by atoms with Gasteiger partial charge < -0.3 is 10.5 Å². The van der Waals surface area contributed by atoms with Crippen molar-refractivity contribution in [2.45, 2.75) is 39.7 Å². The molecule has 0 spiro atoms. The van der Waals surface area contributed by atoms with Crippen LogP contribution in [-0.4, -0.2) is 42.6 Å². The third kappa shape index (κ3) is 8.39. The highest BCUT2D eigenvalue weighted by Gasteiger charge is 2.17. The Balaban J connectivity index is 3.91. The Labute approximate surface area is 92.8 Å². The van der Waals surface area contributed by atoms with Gasteiger partial charge in [0.2, 0.25) is 0 Å². The average molecular weight is 216 g/mol. The van der Waals surface area contributed by atoms with E-state index in [0.717, 1.165) is 19.5 Å². The molecule has 4 nitrogen and oxygen atoms in total. The number of esters is 1. The number of carbonyl (C=O) groups excluding carboxylic acids is 1. The molecule has 0 aliphatic carbocycles. The van der Waals surface area contributed by atoms with Gasteiger partial charge in [-0.2, -0.15) is 0 Å². The lowest BCUT2D eigenvalue weighted by Crippen LogP contribution is -2.35. The first-order valence-electron chi connectivity index (χ1n) is 5.53. The van der Waals surface area contributed by atoms with Crippen molar-refractivity contribution in [2.75, 3.05) is 26.2 Å². The van der Waals surface area contributed by atoms with Crippen molar-refractivity contribution in [3.63, 3.8) is 0 Å². The molecule has 0 heterocycles. The summed E-state index contributed by atoms with van der Waals surface area (Å²) in [6.07, 6.45) is 0.913. The standard InChI is InChI=1S/C11H24N2O2/c1-5-13(8-6-7-12)9-10(14)15-11(2,3)4/h5-9,12H2,1-4H3. The normalized spacial score (nSPS) is 11.9. The maximum atomic E-state index is 11.5. The second kappa shape index (κ2) is 6.80. The van der Waals surface area contributed by atoms with Crippen molar-refractivity contribution < 1.29 is 9.53 Å². The van der Waals surface area contributed by atoms with Crippen molar-refractivity contribution in [1.29, 1.82) is 0 Å². The number of likely N-dealkylation sites (N-methyl/N-ethyl adjacent to an activating group) is 1. The Morgan fingerprint density at radius 1 is 1.40 bits per heavy atom. The molecule has 0 amide bonds. The van der Waals surface area contributed by atoms with E-state index in [1.165, 1.54) is 0 Å². The number of nitrogens with two attached hydrogens (primary N) is 1. The van der Waals surface area contributed by atoms with E-state index in [2.05, 4.69) is 0 Å². The molecule has 0 aromatic heterocycles. The number of carbonyl (C=O) groups is 1. The highest BCUT2D eigenvalue weighted by Crippen LogP contribution is 2.07. The van der Waals surface area contributed by atoms with Gasteiger partial charge in [0.25, 0.3) is 0 Å². The zero-order valence-corrected chi connectivity index (χ0v) is 10.4. The number of nitrogens with zero attached hydrogens (tertiary/aromatic N) is 1. The molecule has 0 aliphatic rings. The summed E-state index contributed by atoms with van der Waals surface area (Å²) in [6, 6.07) is 0. The SMILES string of the molecule is CCN(CCCN)CC(=O)OC(C)(C)C. The minimum absolute atomic E-state index is 0.165. The van der Waals surface area contributed by atoms with Crippen LogP contribution in [-0.2, 0) is 9.53 Å². The minimum Gasteiger partial charge on any atom is -0.459 e. The van der Waals surface area contributed by atoms with Crippen LogP contribution in [0.25, 0.3) is 0 Å². The van der Waals surface area contributed by atoms with E-state index in [0.29, 0.717) is 13.1 Å². The Morgan fingerprint density at radius 3 is 2.40 bits per heavy atom. The van der Waals surface area contributed by atoms with Gasteiger partial charge in [0.05, 0.1) is 6.54 Å². The average Bonchev–Trinajstić information content (AvgIpc) is 2.09. The maximum Gasteiger partial charge on any atom is 0.320 e. The van der Waals surface area contributed by atoms with Crippen LogP contribution < -0.4 is 5.73 Å². The smallest absolute Gasteiger partial charge is 0.320 e. The molecular formula is C11H24N2O2. The van der Waals surface area contributed by atoms with E-state index >= 15 is 0 Å². The molecule has 0 bridgehead atoms. The first-order valence-corrected chi connectivity index (χ1v) is 5.53. The molecule has 4 heteroatoms. The molecular weight excluding hydrogens is 192 g/mol. The zero-order chi connectivity index (χ0) is 11.9. The molecule has 0 aliphatic heterocycles. The maximum absolute atomic E-state index is 11.5. The summed E-state index contributed by atoms with van der Waals surface area (Å²) in [5, 5.41) is 0. The fraction of sp³-hybridized carbons (Fsp3) is 0.909. The second-order valence-corrected chi connectivity index (χ2v) is 4.60. The van der Waals surface area contributed by atoms with Gasteiger partial charge >= 0.3 is 5.97 Å². The van der Waals surface area contributed by atoms with E-state index in [4.69, 9.17) is 10.5 Å². The molecule has 0 fully saturated rings. The van der Waals surface area contributed by atoms with Crippen LogP contribution >= 0.6 is 0 Å². The van der Waals surface area contributed by atoms with Crippen molar-refractivity contribution >= 4 is 5.97 Å². The van der Waals surface area contributed by atoms with Gasteiger partial charge in [0.15, 0.2) is 0 Å². The van der Waals surface area contributed by atoms with Gasteiger partial charge in [0.1, 0.15) is 5.60 Å².